The molecule has 1 N–H and O–H groups in total. The summed E-state index contributed by atoms with van der Waals surface area (Å²) in [6.45, 7) is 7.42. The summed E-state index contributed by atoms with van der Waals surface area (Å²) in [6.07, 6.45) is 1.91. The molecule has 0 aliphatic carbocycles. The van der Waals surface area contributed by atoms with Crippen LogP contribution in [0.5, 0.6) is 0 Å². The van der Waals surface area contributed by atoms with Gasteiger partial charge in [0.1, 0.15) is 0 Å². The molecule has 0 fully saturated rings. The van der Waals surface area contributed by atoms with Gasteiger partial charge in [-0.2, -0.15) is 0 Å². The zero-order chi connectivity index (χ0) is 14.3. The molecule has 0 aromatic heterocycles. The maximum atomic E-state index is 12.2. The van der Waals surface area contributed by atoms with E-state index in [-0.39, 0.29) is 12.1 Å². The highest BCUT2D eigenvalue weighted by Crippen LogP contribution is 2.13. The predicted octanol–water partition coefficient (Wildman–Crippen LogP) is 4.06. The Hall–Kier alpha value is -1.22. The van der Waals surface area contributed by atoms with E-state index in [0.29, 0.717) is 18.1 Å². The monoisotopic (exact) mass is 282 g/mol. The molecule has 1 aromatic carbocycles. The molecule has 0 unspecified atom stereocenters. The van der Waals surface area contributed by atoms with Gasteiger partial charge in [0, 0.05) is 24.2 Å². The topological polar surface area (TPSA) is 32.3 Å². The summed E-state index contributed by atoms with van der Waals surface area (Å²) >= 11 is 5.96. The van der Waals surface area contributed by atoms with Crippen LogP contribution in [0.25, 0.3) is 0 Å². The Balaban J connectivity index is 2.64. The van der Waals surface area contributed by atoms with E-state index in [0.717, 1.165) is 18.4 Å². The van der Waals surface area contributed by atoms with Crippen molar-refractivity contribution < 1.29 is 4.79 Å². The Morgan fingerprint density at radius 1 is 1.32 bits per heavy atom. The molecular weight excluding hydrogens is 260 g/mol. The van der Waals surface area contributed by atoms with Crippen molar-refractivity contribution in [1.82, 2.24) is 10.2 Å². The van der Waals surface area contributed by atoms with Crippen LogP contribution in [-0.4, -0.2) is 23.5 Å². The van der Waals surface area contributed by atoms with Crippen LogP contribution in [0.3, 0.4) is 0 Å². The van der Waals surface area contributed by atoms with Gasteiger partial charge in [0.15, 0.2) is 0 Å². The van der Waals surface area contributed by atoms with Crippen molar-refractivity contribution in [2.24, 2.45) is 0 Å². The van der Waals surface area contributed by atoms with E-state index < -0.39 is 0 Å². The molecule has 0 radical (unpaired) electrons. The Morgan fingerprint density at radius 3 is 2.53 bits per heavy atom. The van der Waals surface area contributed by atoms with Crippen molar-refractivity contribution in [3.8, 4) is 0 Å². The first kappa shape index (κ1) is 15.8. The molecule has 3 nitrogen and oxygen atoms in total. The van der Waals surface area contributed by atoms with E-state index in [2.05, 4.69) is 19.2 Å². The number of benzene rings is 1. The lowest BCUT2D eigenvalue weighted by atomic mass is 10.2. The van der Waals surface area contributed by atoms with Crippen LogP contribution in [0.1, 0.15) is 39.2 Å². The van der Waals surface area contributed by atoms with Crippen molar-refractivity contribution in [3.05, 3.63) is 34.9 Å². The fourth-order valence-corrected chi connectivity index (χ4v) is 2.15. The fraction of sp³-hybridized carbons (Fsp3) is 0.533. The van der Waals surface area contributed by atoms with Crippen LogP contribution in [0.15, 0.2) is 24.3 Å². The van der Waals surface area contributed by atoms with E-state index in [1.807, 2.05) is 31.2 Å². The van der Waals surface area contributed by atoms with E-state index in [1.165, 1.54) is 0 Å². The van der Waals surface area contributed by atoms with Crippen LogP contribution >= 0.6 is 11.6 Å². The summed E-state index contributed by atoms with van der Waals surface area (Å²) in [7, 11) is 0. The first-order chi connectivity index (χ1) is 9.10. The van der Waals surface area contributed by atoms with Crippen molar-refractivity contribution >= 4 is 17.6 Å². The summed E-state index contributed by atoms with van der Waals surface area (Å²) in [5.41, 5.74) is 1.05. The molecule has 1 aromatic rings. The predicted molar refractivity (Wildman–Crippen MR) is 80.4 cm³/mol. The van der Waals surface area contributed by atoms with Crippen molar-refractivity contribution in [2.75, 3.05) is 6.54 Å². The molecule has 2 amide bonds. The van der Waals surface area contributed by atoms with Gasteiger partial charge in [-0.05, 0) is 37.5 Å². The number of carbonyl (C=O) groups is 1. The van der Waals surface area contributed by atoms with Crippen LogP contribution in [0, 0.1) is 0 Å². The minimum Gasteiger partial charge on any atom is -0.335 e. The SMILES string of the molecule is CCC(CC)NC(=O)N(CC)Cc1cccc(Cl)c1. The van der Waals surface area contributed by atoms with E-state index >= 15 is 0 Å². The van der Waals surface area contributed by atoms with Gasteiger partial charge in [0.2, 0.25) is 0 Å². The zero-order valence-electron chi connectivity index (χ0n) is 11.9. The Morgan fingerprint density at radius 2 is 2.00 bits per heavy atom. The number of nitrogens with zero attached hydrogens (tertiary/aromatic N) is 1. The number of hydrogen-bond acceptors (Lipinski definition) is 1. The van der Waals surface area contributed by atoms with E-state index in [9.17, 15) is 4.79 Å². The second-order valence-corrected chi connectivity index (χ2v) is 5.04. The normalized spacial score (nSPS) is 10.6. The molecule has 4 heteroatoms. The van der Waals surface area contributed by atoms with Crippen LogP contribution in [0.2, 0.25) is 5.02 Å². The standard InChI is InChI=1S/C15H23ClN2O/c1-4-14(5-2)17-15(19)18(6-3)11-12-8-7-9-13(16)10-12/h7-10,14H,4-6,11H2,1-3H3,(H,17,19). The highest BCUT2D eigenvalue weighted by atomic mass is 35.5. The summed E-state index contributed by atoms with van der Waals surface area (Å²) in [6, 6.07) is 7.88. The number of halogens is 1. The summed E-state index contributed by atoms with van der Waals surface area (Å²) in [5.74, 6) is 0. The third kappa shape index (κ3) is 5.11. The van der Waals surface area contributed by atoms with Crippen LogP contribution < -0.4 is 5.32 Å². The maximum Gasteiger partial charge on any atom is 0.317 e. The number of rotatable bonds is 6. The molecule has 106 valence electrons. The number of urea groups is 1. The summed E-state index contributed by atoms with van der Waals surface area (Å²) in [4.78, 5) is 14.0. The molecule has 0 bridgehead atoms. The Bertz CT molecular complexity index is 405. The first-order valence-electron chi connectivity index (χ1n) is 6.90. The van der Waals surface area contributed by atoms with Gasteiger partial charge in [0.05, 0.1) is 0 Å². The van der Waals surface area contributed by atoms with Gasteiger partial charge >= 0.3 is 6.03 Å². The molecule has 0 atom stereocenters. The second kappa shape index (κ2) is 8.05. The molecule has 0 aliphatic rings. The third-order valence-corrected chi connectivity index (χ3v) is 3.48. The number of carbonyl (C=O) groups excluding carboxylic acids is 1. The molecule has 19 heavy (non-hydrogen) atoms. The van der Waals surface area contributed by atoms with Gasteiger partial charge in [-0.1, -0.05) is 37.6 Å². The minimum absolute atomic E-state index is 0.00354. The molecule has 0 spiro atoms. The maximum absolute atomic E-state index is 12.2. The molecule has 0 aliphatic heterocycles. The van der Waals surface area contributed by atoms with Gasteiger partial charge in [0.25, 0.3) is 0 Å². The number of amides is 2. The first-order valence-corrected chi connectivity index (χ1v) is 7.28. The Labute approximate surface area is 120 Å². The van der Waals surface area contributed by atoms with E-state index in [4.69, 9.17) is 11.6 Å². The quantitative estimate of drug-likeness (QED) is 0.838. The lowest BCUT2D eigenvalue weighted by Crippen LogP contribution is -2.44. The van der Waals surface area contributed by atoms with Gasteiger partial charge in [-0.25, -0.2) is 4.79 Å². The smallest absolute Gasteiger partial charge is 0.317 e. The Kier molecular flexibility index (Phi) is 6.71. The zero-order valence-corrected chi connectivity index (χ0v) is 12.7. The van der Waals surface area contributed by atoms with Crippen molar-refractivity contribution in [2.45, 2.75) is 46.2 Å². The largest absolute Gasteiger partial charge is 0.335 e. The third-order valence-electron chi connectivity index (χ3n) is 3.24. The van der Waals surface area contributed by atoms with E-state index in [1.54, 1.807) is 4.90 Å². The average molecular weight is 283 g/mol. The molecular formula is C15H23ClN2O. The molecule has 0 heterocycles. The molecule has 0 saturated heterocycles. The van der Waals surface area contributed by atoms with Crippen LogP contribution in [-0.2, 0) is 6.54 Å². The second-order valence-electron chi connectivity index (χ2n) is 4.61. The molecule has 1 rings (SSSR count). The summed E-state index contributed by atoms with van der Waals surface area (Å²) < 4.78 is 0. The number of hydrogen-bond donors (Lipinski definition) is 1. The van der Waals surface area contributed by atoms with Gasteiger partial charge < -0.3 is 10.2 Å². The minimum atomic E-state index is -0.00354. The number of nitrogens with one attached hydrogen (secondary N) is 1. The lowest BCUT2D eigenvalue weighted by molar-refractivity contribution is 0.193. The average Bonchev–Trinajstić information content (AvgIpc) is 2.41. The fourth-order valence-electron chi connectivity index (χ4n) is 1.94. The van der Waals surface area contributed by atoms with Gasteiger partial charge in [-0.3, -0.25) is 0 Å². The van der Waals surface area contributed by atoms with Gasteiger partial charge in [-0.15, -0.1) is 0 Å². The van der Waals surface area contributed by atoms with Crippen molar-refractivity contribution in [3.63, 3.8) is 0 Å². The van der Waals surface area contributed by atoms with Crippen LogP contribution in [0.4, 0.5) is 4.79 Å². The lowest BCUT2D eigenvalue weighted by Gasteiger charge is -2.24. The molecule has 0 saturated carbocycles. The summed E-state index contributed by atoms with van der Waals surface area (Å²) in [5, 5.41) is 3.76. The highest BCUT2D eigenvalue weighted by Gasteiger charge is 2.15. The highest BCUT2D eigenvalue weighted by molar-refractivity contribution is 6.30. The van der Waals surface area contributed by atoms with Crippen molar-refractivity contribution in [1.29, 1.82) is 0 Å².